The van der Waals surface area contributed by atoms with Gasteiger partial charge in [0.15, 0.2) is 6.61 Å². The molecule has 0 aliphatic rings. The van der Waals surface area contributed by atoms with Crippen molar-refractivity contribution in [3.05, 3.63) is 45.9 Å². The lowest BCUT2D eigenvalue weighted by molar-refractivity contribution is -0.123. The van der Waals surface area contributed by atoms with Gasteiger partial charge in [0.25, 0.3) is 5.91 Å². The van der Waals surface area contributed by atoms with E-state index in [-0.39, 0.29) is 0 Å². The maximum atomic E-state index is 12.4. The molecule has 0 unspecified atom stereocenters. The van der Waals surface area contributed by atoms with E-state index in [1.165, 1.54) is 11.8 Å². The van der Waals surface area contributed by atoms with Gasteiger partial charge in [0.2, 0.25) is 0 Å². The maximum absolute atomic E-state index is 12.4. The first-order chi connectivity index (χ1) is 13.8. The predicted molar refractivity (Wildman–Crippen MR) is 114 cm³/mol. The number of nitrogens with one attached hydrogen (secondary N) is 2. The van der Waals surface area contributed by atoms with E-state index in [4.69, 9.17) is 4.74 Å². The Bertz CT molecular complexity index is 852. The van der Waals surface area contributed by atoms with Crippen molar-refractivity contribution in [3.8, 4) is 0 Å². The van der Waals surface area contributed by atoms with E-state index in [1.54, 1.807) is 23.5 Å². The SMILES string of the molecule is Cc1nc(CSc2ccccc2C(=O)OCC(=O)NC(=O)NCCC(C)C)cs1. The molecule has 29 heavy (non-hydrogen) atoms. The van der Waals surface area contributed by atoms with Crippen LogP contribution in [0.3, 0.4) is 0 Å². The van der Waals surface area contributed by atoms with E-state index in [1.807, 2.05) is 38.3 Å². The number of ether oxygens (including phenoxy) is 1. The highest BCUT2D eigenvalue weighted by atomic mass is 32.2. The molecule has 0 saturated heterocycles. The number of aryl methyl sites for hydroxylation is 1. The number of aromatic nitrogens is 1. The number of hydrogen-bond donors (Lipinski definition) is 2. The molecule has 3 amide bonds. The Morgan fingerprint density at radius 1 is 1.24 bits per heavy atom. The molecule has 2 aromatic rings. The number of thiazole rings is 1. The van der Waals surface area contributed by atoms with Crippen LogP contribution in [0.5, 0.6) is 0 Å². The van der Waals surface area contributed by atoms with E-state index in [0.717, 1.165) is 22.0 Å². The minimum absolute atomic E-state index is 0.374. The van der Waals surface area contributed by atoms with Crippen LogP contribution < -0.4 is 10.6 Å². The van der Waals surface area contributed by atoms with Crippen molar-refractivity contribution < 1.29 is 19.1 Å². The van der Waals surface area contributed by atoms with Gasteiger partial charge in [-0.3, -0.25) is 10.1 Å². The van der Waals surface area contributed by atoms with Crippen LogP contribution in [0.1, 0.15) is 41.3 Å². The minimum Gasteiger partial charge on any atom is -0.452 e. The summed E-state index contributed by atoms with van der Waals surface area (Å²) in [5.74, 6) is -0.211. The molecule has 2 N–H and O–H groups in total. The number of urea groups is 1. The van der Waals surface area contributed by atoms with E-state index in [2.05, 4.69) is 15.6 Å². The fourth-order valence-electron chi connectivity index (χ4n) is 2.28. The van der Waals surface area contributed by atoms with Crippen LogP contribution in [0, 0.1) is 12.8 Å². The molecule has 9 heteroatoms. The van der Waals surface area contributed by atoms with Crippen molar-refractivity contribution in [2.24, 2.45) is 5.92 Å². The van der Waals surface area contributed by atoms with Crippen molar-refractivity contribution in [1.82, 2.24) is 15.6 Å². The summed E-state index contributed by atoms with van der Waals surface area (Å²) in [6.07, 6.45) is 0.811. The molecule has 0 saturated carbocycles. The number of carbonyl (C=O) groups excluding carboxylic acids is 3. The van der Waals surface area contributed by atoms with Gasteiger partial charge < -0.3 is 10.1 Å². The summed E-state index contributed by atoms with van der Waals surface area (Å²) in [6, 6.07) is 6.44. The first-order valence-electron chi connectivity index (χ1n) is 9.22. The largest absolute Gasteiger partial charge is 0.452 e. The number of carbonyl (C=O) groups is 3. The summed E-state index contributed by atoms with van der Waals surface area (Å²) in [5.41, 5.74) is 1.32. The second kappa shape index (κ2) is 11.6. The smallest absolute Gasteiger partial charge is 0.339 e. The van der Waals surface area contributed by atoms with Crippen LogP contribution in [-0.4, -0.2) is 36.0 Å². The number of benzene rings is 1. The van der Waals surface area contributed by atoms with Crippen molar-refractivity contribution >= 4 is 41.0 Å². The van der Waals surface area contributed by atoms with Crippen LogP contribution in [0.2, 0.25) is 0 Å². The van der Waals surface area contributed by atoms with Crippen LogP contribution in [0.4, 0.5) is 4.79 Å². The molecule has 0 atom stereocenters. The number of thioether (sulfide) groups is 1. The van der Waals surface area contributed by atoms with Crippen LogP contribution in [0.25, 0.3) is 0 Å². The quantitative estimate of drug-likeness (QED) is 0.460. The lowest BCUT2D eigenvalue weighted by Crippen LogP contribution is -2.42. The van der Waals surface area contributed by atoms with Gasteiger partial charge in [-0.2, -0.15) is 0 Å². The Morgan fingerprint density at radius 3 is 2.69 bits per heavy atom. The van der Waals surface area contributed by atoms with Gasteiger partial charge in [-0.1, -0.05) is 26.0 Å². The van der Waals surface area contributed by atoms with Crippen molar-refractivity contribution in [3.63, 3.8) is 0 Å². The molecular weight excluding hydrogens is 410 g/mol. The van der Waals surface area contributed by atoms with E-state index in [9.17, 15) is 14.4 Å². The highest BCUT2D eigenvalue weighted by molar-refractivity contribution is 7.98. The molecular formula is C20H25N3O4S2. The summed E-state index contributed by atoms with van der Waals surface area (Å²) in [7, 11) is 0. The number of rotatable bonds is 9. The molecule has 156 valence electrons. The third-order valence-electron chi connectivity index (χ3n) is 3.74. The van der Waals surface area contributed by atoms with E-state index in [0.29, 0.717) is 23.8 Å². The van der Waals surface area contributed by atoms with Crippen molar-refractivity contribution in [2.45, 2.75) is 37.8 Å². The highest BCUT2D eigenvalue weighted by Crippen LogP contribution is 2.27. The van der Waals surface area contributed by atoms with E-state index < -0.39 is 24.5 Å². The average Bonchev–Trinajstić information content (AvgIpc) is 3.09. The Kier molecular flexibility index (Phi) is 9.14. The lowest BCUT2D eigenvalue weighted by Gasteiger charge is -2.10. The first-order valence-corrected chi connectivity index (χ1v) is 11.1. The molecule has 1 aromatic carbocycles. The minimum atomic E-state index is -0.677. The summed E-state index contributed by atoms with van der Waals surface area (Å²) >= 11 is 3.06. The van der Waals surface area contributed by atoms with Gasteiger partial charge in [-0.25, -0.2) is 14.6 Å². The Hall–Kier alpha value is -2.39. The first kappa shape index (κ1) is 22.9. The zero-order valence-corrected chi connectivity index (χ0v) is 18.3. The fraction of sp³-hybridized carbons (Fsp3) is 0.400. The number of esters is 1. The summed E-state index contributed by atoms with van der Waals surface area (Å²) in [6.45, 7) is 5.97. The number of hydrogen-bond acceptors (Lipinski definition) is 7. The fourth-order valence-corrected chi connectivity index (χ4v) is 3.93. The molecule has 1 heterocycles. The molecule has 0 bridgehead atoms. The molecule has 2 rings (SSSR count). The second-order valence-corrected chi connectivity index (χ2v) is 8.78. The third-order valence-corrected chi connectivity index (χ3v) is 5.67. The number of imide groups is 1. The molecule has 0 spiro atoms. The van der Waals surface area contributed by atoms with Gasteiger partial charge in [-0.15, -0.1) is 23.1 Å². The van der Waals surface area contributed by atoms with Crippen molar-refractivity contribution in [2.75, 3.05) is 13.2 Å². The third kappa shape index (κ3) is 8.25. The van der Waals surface area contributed by atoms with Gasteiger partial charge >= 0.3 is 12.0 Å². The van der Waals surface area contributed by atoms with Gasteiger partial charge in [0, 0.05) is 22.6 Å². The lowest BCUT2D eigenvalue weighted by atomic mass is 10.1. The van der Waals surface area contributed by atoms with Gasteiger partial charge in [0.05, 0.1) is 16.3 Å². The van der Waals surface area contributed by atoms with Gasteiger partial charge in [-0.05, 0) is 31.4 Å². The summed E-state index contributed by atoms with van der Waals surface area (Å²) < 4.78 is 5.07. The number of amides is 3. The molecule has 1 aromatic heterocycles. The Balaban J connectivity index is 1.82. The molecule has 0 aliphatic heterocycles. The summed E-state index contributed by atoms with van der Waals surface area (Å²) in [5, 5.41) is 7.71. The predicted octanol–water partition coefficient (Wildman–Crippen LogP) is 3.77. The average molecular weight is 436 g/mol. The van der Waals surface area contributed by atoms with Gasteiger partial charge in [0.1, 0.15) is 0 Å². The molecule has 0 fully saturated rings. The second-order valence-electron chi connectivity index (χ2n) is 6.71. The van der Waals surface area contributed by atoms with Crippen LogP contribution in [0.15, 0.2) is 34.5 Å². The molecule has 7 nitrogen and oxygen atoms in total. The zero-order chi connectivity index (χ0) is 21.2. The molecule has 0 aliphatic carbocycles. The van der Waals surface area contributed by atoms with E-state index >= 15 is 0 Å². The zero-order valence-electron chi connectivity index (χ0n) is 16.7. The monoisotopic (exact) mass is 435 g/mol. The maximum Gasteiger partial charge on any atom is 0.339 e. The number of nitrogens with zero attached hydrogens (tertiary/aromatic N) is 1. The van der Waals surface area contributed by atoms with Crippen LogP contribution >= 0.6 is 23.1 Å². The standard InChI is InChI=1S/C20H25N3O4S2/c1-13(2)8-9-21-20(26)23-18(24)10-27-19(25)16-6-4-5-7-17(16)29-12-15-11-28-14(3)22-15/h4-7,11,13H,8-10,12H2,1-3H3,(H2,21,23,24,26). The molecule has 0 radical (unpaired) electrons. The summed E-state index contributed by atoms with van der Waals surface area (Å²) in [4.78, 5) is 41.0. The normalized spacial score (nSPS) is 10.6. The van der Waals surface area contributed by atoms with Crippen molar-refractivity contribution in [1.29, 1.82) is 0 Å². The highest BCUT2D eigenvalue weighted by Gasteiger charge is 2.16. The topological polar surface area (TPSA) is 97.4 Å². The Labute approximate surface area is 178 Å². The Morgan fingerprint density at radius 2 is 2.00 bits per heavy atom. The van der Waals surface area contributed by atoms with Crippen LogP contribution in [-0.2, 0) is 15.3 Å².